The maximum Gasteiger partial charge on any atom is 0.0314 e. The van der Waals surface area contributed by atoms with E-state index in [4.69, 9.17) is 18.4 Å². The molecule has 0 aliphatic rings. The van der Waals surface area contributed by atoms with Crippen LogP contribution in [0, 0.1) is 0 Å². The minimum absolute atomic E-state index is 0.826. The summed E-state index contributed by atoms with van der Waals surface area (Å²) in [5.74, 6) is 0.838. The molecular weight excluding hydrogens is 154 g/mol. The molecule has 0 saturated heterocycles. The number of anilines is 1. The molecule has 0 fully saturated rings. The van der Waals surface area contributed by atoms with Gasteiger partial charge in [-0.15, -0.1) is 0 Å². The molecule has 0 aromatic heterocycles. The van der Waals surface area contributed by atoms with Crippen molar-refractivity contribution in [3.63, 3.8) is 0 Å². The summed E-state index contributed by atoms with van der Waals surface area (Å²) in [7, 11) is 0. The van der Waals surface area contributed by atoms with E-state index in [1.807, 2.05) is 12.1 Å². The molecule has 1 aromatic carbocycles. The van der Waals surface area contributed by atoms with Gasteiger partial charge in [0.05, 0.1) is 0 Å². The Kier molecular flexibility index (Phi) is 3.30. The summed E-state index contributed by atoms with van der Waals surface area (Å²) in [5.41, 5.74) is 7.68. The normalized spacial score (nSPS) is 9.91. The van der Waals surface area contributed by atoms with E-state index in [9.17, 15) is 0 Å². The second-order valence-electron chi connectivity index (χ2n) is 2.55. The number of nitrogens with two attached hydrogens (primary N) is 1. The second-order valence-corrected chi connectivity index (χ2v) is 2.96. The summed E-state index contributed by atoms with van der Waals surface area (Å²) in [6.45, 7) is 0. The first kappa shape index (κ1) is 8.47. The van der Waals surface area contributed by atoms with Crippen LogP contribution in [0.15, 0.2) is 24.3 Å². The Morgan fingerprint density at radius 3 is 2.36 bits per heavy atom. The van der Waals surface area contributed by atoms with Crippen molar-refractivity contribution >= 4 is 18.3 Å². The van der Waals surface area contributed by atoms with Gasteiger partial charge in [0.1, 0.15) is 0 Å². The monoisotopic (exact) mass is 166 g/mol. The van der Waals surface area contributed by atoms with Crippen molar-refractivity contribution in [2.24, 2.45) is 0 Å². The molecule has 0 amide bonds. The minimum Gasteiger partial charge on any atom is -0.399 e. The van der Waals surface area contributed by atoms with Crippen molar-refractivity contribution in [2.75, 3.05) is 11.5 Å². The molecule has 2 N–H and O–H groups in total. The highest BCUT2D eigenvalue weighted by molar-refractivity contribution is 7.80. The summed E-state index contributed by atoms with van der Waals surface area (Å²) in [4.78, 5) is 0. The molecular formula is C9H12NS. The van der Waals surface area contributed by atoms with Crippen LogP contribution in [-0.2, 0) is 6.42 Å². The standard InChI is InChI=1S/C9H12NS/c10-9-5-3-8(4-6-9)2-1-7-11/h3-6H,1-2,7,10H2. The minimum atomic E-state index is 0.826. The molecule has 0 spiro atoms. The van der Waals surface area contributed by atoms with E-state index in [-0.39, 0.29) is 0 Å². The Balaban J connectivity index is 2.52. The lowest BCUT2D eigenvalue weighted by atomic mass is 10.1. The third-order valence-electron chi connectivity index (χ3n) is 1.59. The Bertz CT molecular complexity index is 205. The van der Waals surface area contributed by atoms with Crippen LogP contribution in [0.2, 0.25) is 0 Å². The van der Waals surface area contributed by atoms with Crippen LogP contribution in [0.3, 0.4) is 0 Å². The number of hydrogen-bond donors (Lipinski definition) is 1. The zero-order valence-corrected chi connectivity index (χ0v) is 7.23. The Labute approximate surface area is 73.0 Å². The fraction of sp³-hybridized carbons (Fsp3) is 0.333. The lowest BCUT2D eigenvalue weighted by Gasteiger charge is -1.98. The van der Waals surface area contributed by atoms with Gasteiger partial charge < -0.3 is 5.73 Å². The zero-order chi connectivity index (χ0) is 8.10. The highest BCUT2D eigenvalue weighted by atomic mass is 32.1. The van der Waals surface area contributed by atoms with Crippen molar-refractivity contribution in [1.29, 1.82) is 0 Å². The Morgan fingerprint density at radius 1 is 1.18 bits per heavy atom. The molecule has 0 aliphatic heterocycles. The fourth-order valence-corrected chi connectivity index (χ4v) is 1.10. The Hall–Kier alpha value is -0.630. The van der Waals surface area contributed by atoms with Crippen LogP contribution < -0.4 is 5.73 Å². The van der Waals surface area contributed by atoms with Gasteiger partial charge in [-0.05, 0) is 30.5 Å². The van der Waals surface area contributed by atoms with Crippen LogP contribution >= 0.6 is 12.6 Å². The number of nitrogen functional groups attached to an aromatic ring is 1. The molecule has 1 radical (unpaired) electrons. The largest absolute Gasteiger partial charge is 0.399 e. The maximum atomic E-state index is 5.53. The van der Waals surface area contributed by atoms with Gasteiger partial charge in [0.15, 0.2) is 0 Å². The van der Waals surface area contributed by atoms with Gasteiger partial charge in [-0.3, -0.25) is 0 Å². The van der Waals surface area contributed by atoms with Crippen molar-refractivity contribution in [1.82, 2.24) is 0 Å². The molecule has 2 heteroatoms. The molecule has 1 nitrogen and oxygen atoms in total. The number of aryl methyl sites for hydroxylation is 1. The third-order valence-corrected chi connectivity index (χ3v) is 1.88. The average Bonchev–Trinajstić information content (AvgIpc) is 2.04. The molecule has 0 unspecified atom stereocenters. The first-order valence-corrected chi connectivity index (χ1v) is 4.33. The molecule has 0 atom stereocenters. The van der Waals surface area contributed by atoms with Crippen molar-refractivity contribution < 1.29 is 0 Å². The van der Waals surface area contributed by atoms with Gasteiger partial charge in [-0.2, -0.15) is 0 Å². The van der Waals surface area contributed by atoms with Crippen LogP contribution in [0.1, 0.15) is 12.0 Å². The number of benzene rings is 1. The molecule has 1 rings (SSSR count). The van der Waals surface area contributed by atoms with E-state index in [1.165, 1.54) is 5.56 Å². The topological polar surface area (TPSA) is 26.0 Å². The molecule has 0 aliphatic carbocycles. The average molecular weight is 166 g/mol. The predicted molar refractivity (Wildman–Crippen MR) is 51.6 cm³/mol. The number of hydrogen-bond acceptors (Lipinski definition) is 1. The summed E-state index contributed by atoms with van der Waals surface area (Å²) >= 11 is 4.85. The molecule has 1 aromatic rings. The SMILES string of the molecule is Nc1ccc(CCC[S])cc1. The van der Waals surface area contributed by atoms with Crippen molar-refractivity contribution in [3.05, 3.63) is 29.8 Å². The zero-order valence-electron chi connectivity index (χ0n) is 6.42. The quantitative estimate of drug-likeness (QED) is 0.685. The van der Waals surface area contributed by atoms with E-state index in [2.05, 4.69) is 12.1 Å². The van der Waals surface area contributed by atoms with Crippen molar-refractivity contribution in [2.45, 2.75) is 12.8 Å². The summed E-state index contributed by atoms with van der Waals surface area (Å²) in [5, 5.41) is 0. The smallest absolute Gasteiger partial charge is 0.0314 e. The summed E-state index contributed by atoms with van der Waals surface area (Å²) in [6, 6.07) is 7.97. The first-order valence-electron chi connectivity index (χ1n) is 3.75. The van der Waals surface area contributed by atoms with E-state index in [0.29, 0.717) is 0 Å². The lowest BCUT2D eigenvalue weighted by molar-refractivity contribution is 0.936. The van der Waals surface area contributed by atoms with Crippen LogP contribution in [0.5, 0.6) is 0 Å². The highest BCUT2D eigenvalue weighted by Gasteiger charge is 1.90. The number of rotatable bonds is 3. The molecule has 0 bridgehead atoms. The van der Waals surface area contributed by atoms with E-state index in [0.717, 1.165) is 24.3 Å². The van der Waals surface area contributed by atoms with Gasteiger partial charge in [0.2, 0.25) is 0 Å². The van der Waals surface area contributed by atoms with Crippen LogP contribution in [0.4, 0.5) is 5.69 Å². The van der Waals surface area contributed by atoms with Crippen molar-refractivity contribution in [3.8, 4) is 0 Å². The van der Waals surface area contributed by atoms with E-state index >= 15 is 0 Å². The van der Waals surface area contributed by atoms with Gasteiger partial charge in [0.25, 0.3) is 0 Å². The molecule has 59 valence electrons. The molecule has 11 heavy (non-hydrogen) atoms. The third kappa shape index (κ3) is 2.85. The summed E-state index contributed by atoms with van der Waals surface area (Å²) < 4.78 is 0. The van der Waals surface area contributed by atoms with Gasteiger partial charge in [0, 0.05) is 11.4 Å². The van der Waals surface area contributed by atoms with Gasteiger partial charge in [-0.1, -0.05) is 24.8 Å². The highest BCUT2D eigenvalue weighted by Crippen LogP contribution is 2.07. The van der Waals surface area contributed by atoms with E-state index < -0.39 is 0 Å². The Morgan fingerprint density at radius 2 is 1.82 bits per heavy atom. The fourth-order valence-electron chi connectivity index (χ4n) is 0.961. The maximum absolute atomic E-state index is 5.53. The first-order chi connectivity index (χ1) is 5.33. The molecule has 0 heterocycles. The molecule has 0 saturated carbocycles. The summed E-state index contributed by atoms with van der Waals surface area (Å²) in [6.07, 6.45) is 2.16. The van der Waals surface area contributed by atoms with Gasteiger partial charge in [-0.25, -0.2) is 0 Å². The second kappa shape index (κ2) is 4.29. The van der Waals surface area contributed by atoms with Crippen LogP contribution in [-0.4, -0.2) is 5.75 Å². The van der Waals surface area contributed by atoms with Gasteiger partial charge >= 0.3 is 0 Å². The van der Waals surface area contributed by atoms with E-state index in [1.54, 1.807) is 0 Å². The van der Waals surface area contributed by atoms with Crippen LogP contribution in [0.25, 0.3) is 0 Å². The predicted octanol–water partition coefficient (Wildman–Crippen LogP) is 2.40. The lowest BCUT2D eigenvalue weighted by Crippen LogP contribution is -1.88.